The lowest BCUT2D eigenvalue weighted by Crippen LogP contribution is -2.67. The van der Waals surface area contributed by atoms with Crippen molar-refractivity contribution >= 4 is 18.7 Å². The molecule has 1 saturated carbocycles. The van der Waals surface area contributed by atoms with Crippen LogP contribution in [0.3, 0.4) is 0 Å². The monoisotopic (exact) mass is 407 g/mol. The molecular weight excluding hydrogens is 370 g/mol. The van der Waals surface area contributed by atoms with Crippen molar-refractivity contribution in [2.75, 3.05) is 13.7 Å². The van der Waals surface area contributed by atoms with Crippen LogP contribution in [-0.2, 0) is 4.43 Å². The first-order valence-electron chi connectivity index (χ1n) is 11.4. The van der Waals surface area contributed by atoms with Gasteiger partial charge in [-0.2, -0.15) is 0 Å². The molecule has 29 heavy (non-hydrogen) atoms. The Kier molecular flexibility index (Phi) is 6.01. The van der Waals surface area contributed by atoms with Crippen LogP contribution in [0.2, 0.25) is 5.04 Å². The topological polar surface area (TPSA) is 12.5 Å². The van der Waals surface area contributed by atoms with Crippen LogP contribution in [0, 0.1) is 5.92 Å². The molecule has 3 atom stereocenters. The summed E-state index contributed by atoms with van der Waals surface area (Å²) in [7, 11) is -0.0793. The van der Waals surface area contributed by atoms with Crippen LogP contribution in [0.15, 0.2) is 60.7 Å². The molecule has 0 N–H and O–H groups in total. The molecule has 2 nitrogen and oxygen atoms in total. The van der Waals surface area contributed by atoms with Crippen LogP contribution in [-0.4, -0.2) is 39.0 Å². The number of nitrogens with zero attached hydrogens (tertiary/aromatic N) is 1. The number of likely N-dealkylation sites (tertiary alicyclic amines) is 1. The molecule has 2 aromatic carbocycles. The summed E-state index contributed by atoms with van der Waals surface area (Å²) in [6.45, 7) is 7.96. The first kappa shape index (κ1) is 20.8. The number of rotatable bonds is 5. The lowest BCUT2D eigenvalue weighted by Gasteiger charge is -2.44. The summed E-state index contributed by atoms with van der Waals surface area (Å²) in [5, 5.41) is 2.83. The zero-order valence-corrected chi connectivity index (χ0v) is 19.6. The SMILES string of the molecule is CN1[C@H](CO[Si](c2ccccc2)(c2ccccc2)C(C)(C)C)C[C@@H]2CCCC[C@@H]21. The van der Waals surface area contributed by atoms with Crippen LogP contribution in [0.5, 0.6) is 0 Å². The summed E-state index contributed by atoms with van der Waals surface area (Å²) in [5.41, 5.74) is 0. The number of hydrogen-bond donors (Lipinski definition) is 0. The fourth-order valence-corrected chi connectivity index (χ4v) is 10.6. The van der Waals surface area contributed by atoms with E-state index in [1.165, 1.54) is 42.5 Å². The van der Waals surface area contributed by atoms with Gasteiger partial charge in [0.25, 0.3) is 8.32 Å². The highest BCUT2D eigenvalue weighted by atomic mass is 28.4. The van der Waals surface area contributed by atoms with Gasteiger partial charge in [0, 0.05) is 12.1 Å². The minimum atomic E-state index is -2.42. The van der Waals surface area contributed by atoms with Gasteiger partial charge in [0.05, 0.1) is 6.61 Å². The van der Waals surface area contributed by atoms with Gasteiger partial charge in [-0.3, -0.25) is 4.90 Å². The first-order chi connectivity index (χ1) is 13.9. The second-order valence-electron chi connectivity index (χ2n) is 10.1. The van der Waals surface area contributed by atoms with Gasteiger partial charge >= 0.3 is 0 Å². The lowest BCUT2D eigenvalue weighted by atomic mass is 9.85. The van der Waals surface area contributed by atoms with E-state index in [9.17, 15) is 0 Å². The van der Waals surface area contributed by atoms with Crippen LogP contribution >= 0.6 is 0 Å². The molecule has 0 bridgehead atoms. The zero-order chi connectivity index (χ0) is 20.5. The molecule has 0 spiro atoms. The molecule has 0 amide bonds. The molecule has 1 heterocycles. The Morgan fingerprint density at radius 2 is 1.45 bits per heavy atom. The van der Waals surface area contributed by atoms with Crippen molar-refractivity contribution in [3.63, 3.8) is 0 Å². The molecule has 2 aromatic rings. The molecule has 2 aliphatic rings. The Labute approximate surface area is 178 Å². The van der Waals surface area contributed by atoms with Gasteiger partial charge in [-0.15, -0.1) is 0 Å². The van der Waals surface area contributed by atoms with Crippen molar-refractivity contribution in [1.29, 1.82) is 0 Å². The van der Waals surface area contributed by atoms with E-state index >= 15 is 0 Å². The highest BCUT2D eigenvalue weighted by Gasteiger charge is 2.51. The maximum absolute atomic E-state index is 7.22. The van der Waals surface area contributed by atoms with Gasteiger partial charge < -0.3 is 4.43 Å². The van der Waals surface area contributed by atoms with Crippen LogP contribution in [0.4, 0.5) is 0 Å². The second-order valence-corrected chi connectivity index (χ2v) is 14.4. The predicted octanol–water partition coefficient (Wildman–Crippen LogP) is 4.83. The fraction of sp³-hybridized carbons (Fsp3) is 0.538. The van der Waals surface area contributed by atoms with Crippen molar-refractivity contribution in [2.24, 2.45) is 5.92 Å². The first-order valence-corrected chi connectivity index (χ1v) is 13.3. The summed E-state index contributed by atoms with van der Waals surface area (Å²) in [6.07, 6.45) is 6.89. The molecule has 1 aliphatic heterocycles. The average Bonchev–Trinajstić information content (AvgIpc) is 3.05. The Hall–Kier alpha value is -1.42. The van der Waals surface area contributed by atoms with E-state index < -0.39 is 8.32 Å². The quantitative estimate of drug-likeness (QED) is 0.659. The van der Waals surface area contributed by atoms with Gasteiger partial charge in [-0.05, 0) is 47.6 Å². The third kappa shape index (κ3) is 3.85. The molecule has 0 aromatic heterocycles. The Balaban J connectivity index is 1.68. The summed E-state index contributed by atoms with van der Waals surface area (Å²) in [6, 6.07) is 23.4. The molecule has 0 unspecified atom stereocenters. The highest BCUT2D eigenvalue weighted by Crippen LogP contribution is 2.41. The molecular formula is C26H37NOSi. The van der Waals surface area contributed by atoms with E-state index in [1.807, 2.05) is 0 Å². The molecule has 4 rings (SSSR count). The van der Waals surface area contributed by atoms with Crippen molar-refractivity contribution in [1.82, 2.24) is 4.90 Å². The van der Waals surface area contributed by atoms with Crippen molar-refractivity contribution in [3.05, 3.63) is 60.7 Å². The number of benzene rings is 2. The Morgan fingerprint density at radius 1 is 0.897 bits per heavy atom. The summed E-state index contributed by atoms with van der Waals surface area (Å²) in [5.74, 6) is 0.876. The zero-order valence-electron chi connectivity index (χ0n) is 18.6. The van der Waals surface area contributed by atoms with Gasteiger partial charge in [0.1, 0.15) is 0 Å². The van der Waals surface area contributed by atoms with E-state index in [1.54, 1.807) is 0 Å². The minimum Gasteiger partial charge on any atom is -0.406 e. The summed E-state index contributed by atoms with van der Waals surface area (Å²) in [4.78, 5) is 2.65. The second kappa shape index (κ2) is 8.37. The smallest absolute Gasteiger partial charge is 0.261 e. The van der Waals surface area contributed by atoms with Gasteiger partial charge in [-0.1, -0.05) is 94.3 Å². The largest absolute Gasteiger partial charge is 0.406 e. The maximum Gasteiger partial charge on any atom is 0.261 e. The number of likely N-dealkylation sites (N-methyl/N-ethyl adjacent to an activating group) is 1. The van der Waals surface area contributed by atoms with Crippen molar-refractivity contribution in [2.45, 2.75) is 70.0 Å². The molecule has 156 valence electrons. The molecule has 2 fully saturated rings. The molecule has 1 saturated heterocycles. The van der Waals surface area contributed by atoms with E-state index in [-0.39, 0.29) is 5.04 Å². The third-order valence-electron chi connectivity index (χ3n) is 7.45. The highest BCUT2D eigenvalue weighted by molar-refractivity contribution is 6.99. The van der Waals surface area contributed by atoms with Crippen molar-refractivity contribution < 1.29 is 4.43 Å². The van der Waals surface area contributed by atoms with E-state index in [2.05, 4.69) is 93.4 Å². The standard InChI is InChI=1S/C26H37NOSi/c1-26(2,3)29(23-14-7-5-8-15-23,24-16-9-6-10-17-24)28-20-22-19-21-13-11-12-18-25(21)27(22)4/h5-10,14-17,21-22,25H,11-13,18-20H2,1-4H3/t21-,22-,25-/m0/s1. The molecule has 1 aliphatic carbocycles. The summed E-state index contributed by atoms with van der Waals surface area (Å²) >= 11 is 0. The van der Waals surface area contributed by atoms with E-state index in [4.69, 9.17) is 4.43 Å². The average molecular weight is 408 g/mol. The Bertz CT molecular complexity index is 746. The number of fused-ring (bicyclic) bond motifs is 1. The third-order valence-corrected chi connectivity index (χ3v) is 12.5. The van der Waals surface area contributed by atoms with Crippen LogP contribution in [0.1, 0.15) is 52.9 Å². The fourth-order valence-electron chi connectivity index (χ4n) is 5.95. The van der Waals surface area contributed by atoms with E-state index in [0.717, 1.165) is 18.6 Å². The van der Waals surface area contributed by atoms with Gasteiger partial charge in [-0.25, -0.2) is 0 Å². The van der Waals surface area contributed by atoms with Gasteiger partial charge in [0.2, 0.25) is 0 Å². The maximum atomic E-state index is 7.22. The lowest BCUT2D eigenvalue weighted by molar-refractivity contribution is 0.145. The van der Waals surface area contributed by atoms with Crippen LogP contribution < -0.4 is 10.4 Å². The summed E-state index contributed by atoms with van der Waals surface area (Å²) < 4.78 is 7.22. The predicted molar refractivity (Wildman–Crippen MR) is 125 cm³/mol. The normalized spacial score (nSPS) is 25.7. The molecule has 3 heteroatoms. The van der Waals surface area contributed by atoms with Crippen molar-refractivity contribution in [3.8, 4) is 0 Å². The van der Waals surface area contributed by atoms with Gasteiger partial charge in [0.15, 0.2) is 0 Å². The molecule has 0 radical (unpaired) electrons. The minimum absolute atomic E-state index is 0.0552. The van der Waals surface area contributed by atoms with E-state index in [0.29, 0.717) is 6.04 Å². The number of hydrogen-bond acceptors (Lipinski definition) is 2. The van der Waals surface area contributed by atoms with Crippen LogP contribution in [0.25, 0.3) is 0 Å². The Morgan fingerprint density at radius 3 is 1.97 bits per heavy atom.